The predicted octanol–water partition coefficient (Wildman–Crippen LogP) is 7.04. The Morgan fingerprint density at radius 1 is 0.400 bits per heavy atom. The Kier molecular flexibility index (Phi) is 5.11. The van der Waals surface area contributed by atoms with Crippen LogP contribution in [0.15, 0.2) is 146 Å². The first-order valence-corrected chi connectivity index (χ1v) is 16.8. The first-order chi connectivity index (χ1) is 19.6. The molecule has 0 bridgehead atoms. The average Bonchev–Trinajstić information content (AvgIpc) is 3.24. The van der Waals surface area contributed by atoms with Crippen LogP contribution in [0.5, 0.6) is 0 Å². The fraction of sp³-hybridized carbons (Fsp3) is 0. The zero-order valence-electron chi connectivity index (χ0n) is 21.6. The Bertz CT molecular complexity index is 2110. The van der Waals surface area contributed by atoms with Crippen molar-refractivity contribution >= 4 is 62.5 Å². The van der Waals surface area contributed by atoms with Crippen LogP contribution in [0.3, 0.4) is 0 Å². The fourth-order valence-electron chi connectivity index (χ4n) is 6.62. The summed E-state index contributed by atoms with van der Waals surface area (Å²) in [5.41, 5.74) is 3.60. The lowest BCUT2D eigenvalue weighted by Gasteiger charge is -2.26. The highest BCUT2D eigenvalue weighted by Crippen LogP contribution is 2.68. The van der Waals surface area contributed by atoms with Crippen LogP contribution < -0.4 is 26.5 Å². The van der Waals surface area contributed by atoms with Gasteiger partial charge in [0.1, 0.15) is 0 Å². The maximum absolute atomic E-state index is 16.1. The van der Waals surface area contributed by atoms with E-state index in [1.54, 1.807) is 0 Å². The van der Waals surface area contributed by atoms with Gasteiger partial charge in [0, 0.05) is 37.4 Å². The Hall–Kier alpha value is -4.22. The van der Waals surface area contributed by atoms with E-state index < -0.39 is 14.3 Å². The fourth-order valence-corrected chi connectivity index (χ4v) is 13.2. The number of rotatable bonds is 2. The molecule has 40 heavy (non-hydrogen) atoms. The summed E-state index contributed by atoms with van der Waals surface area (Å²) < 4.78 is 32.0. The van der Waals surface area contributed by atoms with E-state index in [4.69, 9.17) is 0 Å². The molecule has 0 fully saturated rings. The average molecular weight is 551 g/mol. The van der Waals surface area contributed by atoms with Crippen molar-refractivity contribution in [3.8, 4) is 0 Å². The smallest absolute Gasteiger partial charge is 0.172 e. The van der Waals surface area contributed by atoms with Crippen molar-refractivity contribution < 1.29 is 9.13 Å². The number of hydrogen-bond acceptors (Lipinski definition) is 2. The first kappa shape index (κ1) is 23.6. The maximum Gasteiger partial charge on any atom is 0.172 e. The molecule has 6 aromatic rings. The Morgan fingerprint density at radius 3 is 1.55 bits per heavy atom. The van der Waals surface area contributed by atoms with E-state index in [9.17, 15) is 0 Å². The van der Waals surface area contributed by atoms with Crippen molar-refractivity contribution in [3.05, 3.63) is 162 Å². The third-order valence-corrected chi connectivity index (χ3v) is 14.7. The molecule has 0 spiro atoms. The second-order valence-corrected chi connectivity index (χ2v) is 15.7. The highest BCUT2D eigenvalue weighted by Gasteiger charge is 2.49. The van der Waals surface area contributed by atoms with E-state index in [0.29, 0.717) is 0 Å². The van der Waals surface area contributed by atoms with Crippen LogP contribution >= 0.6 is 14.3 Å². The molecule has 2 atom stereocenters. The molecule has 4 heteroatoms. The number of fused-ring (bicyclic) bond motifs is 8. The minimum atomic E-state index is -3.41. The normalized spacial score (nSPS) is 20.8. The molecule has 2 heterocycles. The Labute approximate surface area is 233 Å². The molecule has 2 unspecified atom stereocenters. The lowest BCUT2D eigenvalue weighted by molar-refractivity contribution is 0.592. The second kappa shape index (κ2) is 8.64. The third kappa shape index (κ3) is 3.01. The molecule has 0 N–H and O–H groups in total. The summed E-state index contributed by atoms with van der Waals surface area (Å²) in [5.74, 6) is 0. The minimum Gasteiger partial charge on any atom is -0.309 e. The Morgan fingerprint density at radius 2 is 0.900 bits per heavy atom. The largest absolute Gasteiger partial charge is 0.309 e. The van der Waals surface area contributed by atoms with Gasteiger partial charge in [0.25, 0.3) is 0 Å². The van der Waals surface area contributed by atoms with E-state index in [-0.39, 0.29) is 0 Å². The zero-order valence-corrected chi connectivity index (χ0v) is 23.4. The highest BCUT2D eigenvalue weighted by atomic mass is 31.2. The highest BCUT2D eigenvalue weighted by molar-refractivity contribution is 7.90. The second-order valence-electron chi connectivity index (χ2n) is 10.3. The molecular formula is C36H24O2P2. The third-order valence-electron chi connectivity index (χ3n) is 8.29. The molecule has 8 rings (SSSR count). The van der Waals surface area contributed by atoms with Gasteiger partial charge in [-0.05, 0) is 27.5 Å². The van der Waals surface area contributed by atoms with Crippen molar-refractivity contribution in [1.82, 2.24) is 0 Å². The molecule has 0 aliphatic carbocycles. The summed E-state index contributed by atoms with van der Waals surface area (Å²) in [6.07, 6.45) is 0. The van der Waals surface area contributed by atoms with Crippen molar-refractivity contribution in [2.75, 3.05) is 0 Å². The number of benzene rings is 6. The first-order valence-electron chi connectivity index (χ1n) is 13.4. The maximum atomic E-state index is 16.1. The molecule has 2 aliphatic rings. The number of hydrogen-bond donors (Lipinski definition) is 0. The molecule has 0 aromatic heterocycles. The summed E-state index contributed by atoms with van der Waals surface area (Å²) in [5, 5.41) is 6.73. The van der Waals surface area contributed by atoms with Gasteiger partial charge in [0.2, 0.25) is 0 Å². The van der Waals surface area contributed by atoms with Crippen LogP contribution in [0.4, 0.5) is 0 Å². The summed E-state index contributed by atoms with van der Waals surface area (Å²) >= 11 is 0. The van der Waals surface area contributed by atoms with Crippen molar-refractivity contribution in [3.63, 3.8) is 0 Å². The summed E-state index contributed by atoms with van der Waals surface area (Å²) in [6, 6.07) is 48.1. The molecule has 2 aliphatic heterocycles. The lowest BCUT2D eigenvalue weighted by atomic mass is 9.95. The van der Waals surface area contributed by atoms with E-state index in [1.807, 2.05) is 109 Å². The molecular weight excluding hydrogens is 526 g/mol. The quantitative estimate of drug-likeness (QED) is 0.217. The van der Waals surface area contributed by atoms with E-state index in [0.717, 1.165) is 64.9 Å². The standard InChI is InChI=1S/C36H24O2P2/c37-39(26-14-3-1-4-15-26)32-21-11-9-19-29(32)34-30-20-10-12-22-33(30)40(38,27-16-5-2-6-17-27)36(34)31-24-23-25-13-7-8-18-28(25)35(31)39/h1-24H. The summed E-state index contributed by atoms with van der Waals surface area (Å²) in [6.45, 7) is 0. The van der Waals surface area contributed by atoms with E-state index in [2.05, 4.69) is 36.4 Å². The van der Waals surface area contributed by atoms with Gasteiger partial charge < -0.3 is 9.13 Å². The van der Waals surface area contributed by atoms with Crippen LogP contribution in [0, 0.1) is 0 Å². The van der Waals surface area contributed by atoms with Gasteiger partial charge in [-0.1, -0.05) is 146 Å². The minimum absolute atomic E-state index is 0.776. The van der Waals surface area contributed by atoms with E-state index >= 15 is 9.13 Å². The molecule has 0 radical (unpaired) electrons. The Balaban J connectivity index is 1.65. The SMILES string of the molecule is O=P1(c2ccccc2)C2=C(c3ccccc31)c1ccccc1P(=O)(c1ccccc1)c1c2ccc2ccccc12. The molecule has 6 aromatic carbocycles. The summed E-state index contributed by atoms with van der Waals surface area (Å²) in [7, 11) is -6.74. The van der Waals surface area contributed by atoms with Gasteiger partial charge in [-0.2, -0.15) is 0 Å². The van der Waals surface area contributed by atoms with Crippen LogP contribution in [-0.2, 0) is 9.13 Å². The van der Waals surface area contributed by atoms with Gasteiger partial charge in [-0.15, -0.1) is 0 Å². The van der Waals surface area contributed by atoms with E-state index in [1.165, 1.54) is 0 Å². The monoisotopic (exact) mass is 550 g/mol. The van der Waals surface area contributed by atoms with Gasteiger partial charge in [0.05, 0.1) is 0 Å². The van der Waals surface area contributed by atoms with Gasteiger partial charge in [-0.25, -0.2) is 0 Å². The molecule has 0 amide bonds. The van der Waals surface area contributed by atoms with Crippen molar-refractivity contribution in [2.45, 2.75) is 0 Å². The zero-order chi connectivity index (χ0) is 26.9. The van der Waals surface area contributed by atoms with Crippen LogP contribution in [0.1, 0.15) is 16.7 Å². The van der Waals surface area contributed by atoms with Gasteiger partial charge >= 0.3 is 0 Å². The van der Waals surface area contributed by atoms with Crippen LogP contribution in [-0.4, -0.2) is 0 Å². The molecule has 0 saturated carbocycles. The van der Waals surface area contributed by atoms with Crippen molar-refractivity contribution in [1.29, 1.82) is 0 Å². The lowest BCUT2D eigenvalue weighted by Crippen LogP contribution is -2.29. The topological polar surface area (TPSA) is 34.1 Å². The molecule has 190 valence electrons. The van der Waals surface area contributed by atoms with Crippen LogP contribution in [0.2, 0.25) is 0 Å². The predicted molar refractivity (Wildman–Crippen MR) is 169 cm³/mol. The van der Waals surface area contributed by atoms with Crippen molar-refractivity contribution in [2.24, 2.45) is 0 Å². The van der Waals surface area contributed by atoms with Gasteiger partial charge in [0.15, 0.2) is 14.3 Å². The van der Waals surface area contributed by atoms with Gasteiger partial charge in [-0.3, -0.25) is 0 Å². The van der Waals surface area contributed by atoms with Crippen LogP contribution in [0.25, 0.3) is 21.7 Å². The molecule has 2 nitrogen and oxygen atoms in total. The summed E-state index contributed by atoms with van der Waals surface area (Å²) in [4.78, 5) is 0. The molecule has 0 saturated heterocycles.